The van der Waals surface area contributed by atoms with Crippen LogP contribution < -0.4 is 0 Å². The average molecular weight is 272 g/mol. The van der Waals surface area contributed by atoms with Crippen LogP contribution in [0.5, 0.6) is 0 Å². The van der Waals surface area contributed by atoms with Crippen molar-refractivity contribution < 1.29 is 9.53 Å². The Bertz CT molecular complexity index is 601. The zero-order valence-corrected chi connectivity index (χ0v) is 11.2. The first-order chi connectivity index (χ1) is 9.26. The molecule has 0 amide bonds. The fourth-order valence-electron chi connectivity index (χ4n) is 1.60. The minimum absolute atomic E-state index is 0.258. The molecule has 0 N–H and O–H groups in total. The Morgan fingerprint density at radius 2 is 2.21 bits per heavy atom. The number of rotatable bonds is 4. The number of carbonyl (C=O) groups excluding carboxylic acids is 1. The quantitative estimate of drug-likeness (QED) is 0.803. The van der Waals surface area contributed by atoms with Crippen molar-refractivity contribution in [3.63, 3.8) is 0 Å². The number of hydrogen-bond donors (Lipinski definition) is 0. The van der Waals surface area contributed by atoms with E-state index >= 15 is 0 Å². The Balaban J connectivity index is 2.26. The second-order valence-corrected chi connectivity index (χ2v) is 4.64. The van der Waals surface area contributed by atoms with Crippen LogP contribution in [0.25, 0.3) is 11.3 Å². The van der Waals surface area contributed by atoms with Gasteiger partial charge in [0.1, 0.15) is 5.01 Å². The van der Waals surface area contributed by atoms with Crippen molar-refractivity contribution in [2.45, 2.75) is 12.8 Å². The molecule has 0 aliphatic carbocycles. The van der Waals surface area contributed by atoms with E-state index in [1.165, 1.54) is 11.3 Å². The number of aromatic nitrogens is 1. The smallest absolute Gasteiger partial charge is 0.330 e. The van der Waals surface area contributed by atoms with E-state index in [0.717, 1.165) is 11.3 Å². The summed E-state index contributed by atoms with van der Waals surface area (Å²) in [6.07, 6.45) is 0. The van der Waals surface area contributed by atoms with Gasteiger partial charge in [0.15, 0.2) is 5.92 Å². The fourth-order valence-corrected chi connectivity index (χ4v) is 2.45. The van der Waals surface area contributed by atoms with Gasteiger partial charge in [-0.15, -0.1) is 11.3 Å². The van der Waals surface area contributed by atoms with Gasteiger partial charge in [-0.2, -0.15) is 5.26 Å². The van der Waals surface area contributed by atoms with Gasteiger partial charge in [0.25, 0.3) is 0 Å². The zero-order valence-electron chi connectivity index (χ0n) is 10.4. The van der Waals surface area contributed by atoms with Crippen LogP contribution in [0.15, 0.2) is 35.7 Å². The highest BCUT2D eigenvalue weighted by atomic mass is 32.1. The Kier molecular flexibility index (Phi) is 4.26. The zero-order chi connectivity index (χ0) is 13.7. The summed E-state index contributed by atoms with van der Waals surface area (Å²) in [4.78, 5) is 16.0. The van der Waals surface area contributed by atoms with Crippen LogP contribution >= 0.6 is 11.3 Å². The van der Waals surface area contributed by atoms with Gasteiger partial charge in [-0.25, -0.2) is 4.98 Å². The van der Waals surface area contributed by atoms with Gasteiger partial charge in [0.05, 0.1) is 18.4 Å². The Labute approximate surface area is 115 Å². The van der Waals surface area contributed by atoms with Crippen LogP contribution in [-0.2, 0) is 9.53 Å². The topological polar surface area (TPSA) is 63.0 Å². The lowest BCUT2D eigenvalue weighted by molar-refractivity contribution is -0.143. The summed E-state index contributed by atoms with van der Waals surface area (Å²) >= 11 is 1.30. The molecule has 0 fully saturated rings. The molecule has 0 radical (unpaired) electrons. The van der Waals surface area contributed by atoms with E-state index < -0.39 is 11.9 Å². The number of esters is 1. The van der Waals surface area contributed by atoms with Crippen molar-refractivity contribution in [2.24, 2.45) is 0 Å². The summed E-state index contributed by atoms with van der Waals surface area (Å²) < 4.78 is 4.87. The molecule has 0 bridgehead atoms. The molecule has 0 saturated carbocycles. The summed E-state index contributed by atoms with van der Waals surface area (Å²) in [6.45, 7) is 1.97. The number of thiazole rings is 1. The van der Waals surface area contributed by atoms with Gasteiger partial charge >= 0.3 is 5.97 Å². The first kappa shape index (κ1) is 13.2. The van der Waals surface area contributed by atoms with Gasteiger partial charge < -0.3 is 4.74 Å². The van der Waals surface area contributed by atoms with Gasteiger partial charge in [-0.05, 0) is 6.92 Å². The van der Waals surface area contributed by atoms with E-state index in [1.54, 1.807) is 6.92 Å². The van der Waals surface area contributed by atoms with Crippen LogP contribution in [0.4, 0.5) is 0 Å². The van der Waals surface area contributed by atoms with Gasteiger partial charge in [-0.3, -0.25) is 4.79 Å². The summed E-state index contributed by atoms with van der Waals surface area (Å²) in [5.74, 6) is -1.48. The van der Waals surface area contributed by atoms with Gasteiger partial charge in [-0.1, -0.05) is 30.3 Å². The van der Waals surface area contributed by atoms with Crippen LogP contribution in [0.2, 0.25) is 0 Å². The molecular weight excluding hydrogens is 260 g/mol. The van der Waals surface area contributed by atoms with E-state index in [0.29, 0.717) is 5.01 Å². The number of hydrogen-bond acceptors (Lipinski definition) is 5. The normalized spacial score (nSPS) is 11.6. The number of nitriles is 1. The molecule has 0 aliphatic rings. The third-order valence-corrected chi connectivity index (χ3v) is 3.40. The molecule has 19 heavy (non-hydrogen) atoms. The molecule has 1 heterocycles. The summed E-state index contributed by atoms with van der Waals surface area (Å²) in [6, 6.07) is 11.6. The van der Waals surface area contributed by atoms with Crippen LogP contribution in [0.1, 0.15) is 17.8 Å². The fraction of sp³-hybridized carbons (Fsp3) is 0.214. The Morgan fingerprint density at radius 3 is 2.84 bits per heavy atom. The van der Waals surface area contributed by atoms with Crippen LogP contribution in [-0.4, -0.2) is 17.6 Å². The molecule has 2 aromatic rings. The highest BCUT2D eigenvalue weighted by Gasteiger charge is 2.25. The van der Waals surface area contributed by atoms with Crippen LogP contribution in [0.3, 0.4) is 0 Å². The maximum absolute atomic E-state index is 11.6. The van der Waals surface area contributed by atoms with Crippen molar-refractivity contribution in [3.8, 4) is 17.3 Å². The molecule has 5 heteroatoms. The molecule has 1 aromatic carbocycles. The van der Waals surface area contributed by atoms with Crippen molar-refractivity contribution >= 4 is 17.3 Å². The Hall–Kier alpha value is -2.19. The molecule has 96 valence electrons. The molecule has 2 rings (SSSR count). The Morgan fingerprint density at radius 1 is 1.47 bits per heavy atom. The molecule has 0 spiro atoms. The van der Waals surface area contributed by atoms with Crippen molar-refractivity contribution in [1.82, 2.24) is 4.98 Å². The summed E-state index contributed by atoms with van der Waals surface area (Å²) in [5, 5.41) is 11.4. The second-order valence-electron chi connectivity index (χ2n) is 3.75. The maximum Gasteiger partial charge on any atom is 0.330 e. The van der Waals surface area contributed by atoms with E-state index in [1.807, 2.05) is 41.8 Å². The molecule has 0 saturated heterocycles. The largest absolute Gasteiger partial charge is 0.465 e. The molecule has 4 nitrogen and oxygen atoms in total. The van der Waals surface area contributed by atoms with E-state index in [9.17, 15) is 4.79 Å². The molecule has 1 atom stereocenters. The number of benzene rings is 1. The third kappa shape index (κ3) is 2.98. The van der Waals surface area contributed by atoms with E-state index in [4.69, 9.17) is 10.00 Å². The molecular formula is C14H12N2O2S. The summed E-state index contributed by atoms with van der Waals surface area (Å²) in [5.41, 5.74) is 1.73. The lowest BCUT2D eigenvalue weighted by Gasteiger charge is -2.04. The lowest BCUT2D eigenvalue weighted by atomic mass is 10.1. The highest BCUT2D eigenvalue weighted by Crippen LogP contribution is 2.26. The third-order valence-electron chi connectivity index (χ3n) is 2.49. The van der Waals surface area contributed by atoms with E-state index in [2.05, 4.69) is 4.98 Å². The van der Waals surface area contributed by atoms with Crippen molar-refractivity contribution in [1.29, 1.82) is 5.26 Å². The van der Waals surface area contributed by atoms with Gasteiger partial charge in [0, 0.05) is 10.9 Å². The van der Waals surface area contributed by atoms with Crippen molar-refractivity contribution in [2.75, 3.05) is 6.61 Å². The molecule has 1 aromatic heterocycles. The van der Waals surface area contributed by atoms with Crippen molar-refractivity contribution in [3.05, 3.63) is 40.7 Å². The second kappa shape index (κ2) is 6.12. The maximum atomic E-state index is 11.6. The van der Waals surface area contributed by atoms with Gasteiger partial charge in [0.2, 0.25) is 0 Å². The minimum atomic E-state index is -0.942. The predicted molar refractivity (Wildman–Crippen MR) is 72.5 cm³/mol. The highest BCUT2D eigenvalue weighted by molar-refractivity contribution is 7.10. The monoisotopic (exact) mass is 272 g/mol. The van der Waals surface area contributed by atoms with E-state index in [-0.39, 0.29) is 6.61 Å². The minimum Gasteiger partial charge on any atom is -0.465 e. The predicted octanol–water partition coefficient (Wildman–Crippen LogP) is 2.98. The number of nitrogens with zero attached hydrogens (tertiary/aromatic N) is 2. The number of carbonyl (C=O) groups is 1. The average Bonchev–Trinajstić information content (AvgIpc) is 2.90. The lowest BCUT2D eigenvalue weighted by Crippen LogP contribution is -2.14. The standard InChI is InChI=1S/C14H12N2O2S/c1-2-18-14(17)11(8-15)13-16-12(9-19-13)10-6-4-3-5-7-10/h3-7,9,11H,2H2,1H3. The SMILES string of the molecule is CCOC(=O)C(C#N)c1nc(-c2ccccc2)cs1. The summed E-state index contributed by atoms with van der Waals surface area (Å²) in [7, 11) is 0. The first-order valence-electron chi connectivity index (χ1n) is 5.83. The van der Waals surface area contributed by atoms with Crippen LogP contribution in [0, 0.1) is 11.3 Å². The molecule has 1 unspecified atom stereocenters. The first-order valence-corrected chi connectivity index (χ1v) is 6.71. The molecule has 0 aliphatic heterocycles. The number of ether oxygens (including phenoxy) is 1.